The highest BCUT2D eigenvalue weighted by molar-refractivity contribution is 5.51. The average Bonchev–Trinajstić information content (AvgIpc) is 2.86. The smallest absolute Gasteiger partial charge is 0.142 e. The van der Waals surface area contributed by atoms with Crippen molar-refractivity contribution in [2.45, 2.75) is 12.8 Å². The Morgan fingerprint density at radius 3 is 3.08 bits per heavy atom. The zero-order valence-corrected chi connectivity index (χ0v) is 6.92. The zero-order chi connectivity index (χ0) is 8.39. The predicted molar refractivity (Wildman–Crippen MR) is 47.9 cm³/mol. The number of anilines is 1. The summed E-state index contributed by atoms with van der Waals surface area (Å²) in [6, 6.07) is 8.33. The van der Waals surface area contributed by atoms with Gasteiger partial charge in [0.05, 0.1) is 12.3 Å². The van der Waals surface area contributed by atoms with Crippen LogP contribution in [0.3, 0.4) is 0 Å². The summed E-state index contributed by atoms with van der Waals surface area (Å²) in [5.41, 5.74) is 6.39. The minimum atomic E-state index is 0.703. The predicted octanol–water partition coefficient (Wildman–Crippen LogP) is 1.86. The average molecular weight is 162 g/mol. The maximum absolute atomic E-state index is 5.68. The number of rotatable bonds is 3. The van der Waals surface area contributed by atoms with Crippen molar-refractivity contribution in [3.8, 4) is 5.75 Å². The summed E-state index contributed by atoms with van der Waals surface area (Å²) in [7, 11) is 0. The molecule has 1 saturated carbocycles. The van der Waals surface area contributed by atoms with E-state index in [1.165, 1.54) is 12.8 Å². The highest BCUT2D eigenvalue weighted by Crippen LogP contribution is 2.30. The van der Waals surface area contributed by atoms with Crippen molar-refractivity contribution in [2.75, 3.05) is 12.3 Å². The largest absolute Gasteiger partial charge is 0.491 e. The molecule has 0 spiro atoms. The summed E-state index contributed by atoms with van der Waals surface area (Å²) in [6.07, 6.45) is 2.60. The fourth-order valence-electron chi connectivity index (χ4n) is 1.04. The quantitative estimate of drug-likeness (QED) is 0.688. The van der Waals surface area contributed by atoms with Crippen LogP contribution in [0, 0.1) is 12.0 Å². The second kappa shape index (κ2) is 3.05. The monoisotopic (exact) mass is 162 g/mol. The molecule has 1 aromatic rings. The van der Waals surface area contributed by atoms with Gasteiger partial charge in [-0.15, -0.1) is 0 Å². The van der Waals surface area contributed by atoms with Gasteiger partial charge in [0.1, 0.15) is 5.75 Å². The Labute approximate surface area is 72.3 Å². The van der Waals surface area contributed by atoms with Crippen molar-refractivity contribution in [2.24, 2.45) is 5.92 Å². The molecule has 2 rings (SSSR count). The molecule has 0 bridgehead atoms. The van der Waals surface area contributed by atoms with E-state index in [2.05, 4.69) is 6.07 Å². The molecule has 1 radical (unpaired) electrons. The topological polar surface area (TPSA) is 35.2 Å². The summed E-state index contributed by atoms with van der Waals surface area (Å²) in [5, 5.41) is 0. The Bertz CT molecular complexity index is 268. The number of ether oxygens (including phenoxy) is 1. The van der Waals surface area contributed by atoms with Crippen molar-refractivity contribution >= 4 is 5.69 Å². The SMILES string of the molecule is Nc1cc[c]cc1OCC1CC1. The van der Waals surface area contributed by atoms with Gasteiger partial charge in [0.15, 0.2) is 0 Å². The fraction of sp³-hybridized carbons (Fsp3) is 0.400. The standard InChI is InChI=1S/C10H12NO/c11-9-3-1-2-4-10(9)12-7-8-5-6-8/h1,3-4,8H,5-7,11H2. The van der Waals surface area contributed by atoms with Gasteiger partial charge in [0.2, 0.25) is 0 Å². The molecule has 0 unspecified atom stereocenters. The number of hydrogen-bond acceptors (Lipinski definition) is 2. The summed E-state index contributed by atoms with van der Waals surface area (Å²) < 4.78 is 5.50. The van der Waals surface area contributed by atoms with E-state index >= 15 is 0 Å². The lowest BCUT2D eigenvalue weighted by Crippen LogP contribution is -2.01. The van der Waals surface area contributed by atoms with Crippen LogP contribution in [0.2, 0.25) is 0 Å². The fourth-order valence-corrected chi connectivity index (χ4v) is 1.04. The third kappa shape index (κ3) is 1.70. The third-order valence-corrected chi connectivity index (χ3v) is 2.03. The van der Waals surface area contributed by atoms with Gasteiger partial charge < -0.3 is 10.5 Å². The van der Waals surface area contributed by atoms with Gasteiger partial charge in [0.25, 0.3) is 0 Å². The molecule has 0 atom stereocenters. The van der Waals surface area contributed by atoms with E-state index in [9.17, 15) is 0 Å². The van der Waals surface area contributed by atoms with Crippen LogP contribution in [-0.2, 0) is 0 Å². The zero-order valence-electron chi connectivity index (χ0n) is 6.92. The molecule has 0 aliphatic heterocycles. The summed E-state index contributed by atoms with van der Waals surface area (Å²) in [5.74, 6) is 1.54. The molecule has 1 fully saturated rings. The normalized spacial score (nSPS) is 16.0. The molecule has 1 aliphatic rings. The van der Waals surface area contributed by atoms with E-state index in [1.54, 1.807) is 12.1 Å². The van der Waals surface area contributed by atoms with Crippen LogP contribution in [0.15, 0.2) is 18.2 Å². The number of hydrogen-bond donors (Lipinski definition) is 1. The van der Waals surface area contributed by atoms with Crippen LogP contribution in [0.5, 0.6) is 5.75 Å². The minimum Gasteiger partial charge on any atom is -0.491 e. The molecule has 1 aromatic carbocycles. The first-order valence-electron chi connectivity index (χ1n) is 4.24. The Morgan fingerprint density at radius 2 is 2.42 bits per heavy atom. The molecule has 0 aromatic heterocycles. The molecule has 12 heavy (non-hydrogen) atoms. The highest BCUT2D eigenvalue weighted by atomic mass is 16.5. The van der Waals surface area contributed by atoms with Gasteiger partial charge in [-0.05, 0) is 37.0 Å². The van der Waals surface area contributed by atoms with Gasteiger partial charge >= 0.3 is 0 Å². The van der Waals surface area contributed by atoms with Crippen molar-refractivity contribution in [3.05, 3.63) is 24.3 Å². The van der Waals surface area contributed by atoms with Gasteiger partial charge in [-0.1, -0.05) is 6.07 Å². The van der Waals surface area contributed by atoms with Gasteiger partial charge in [-0.3, -0.25) is 0 Å². The van der Waals surface area contributed by atoms with Gasteiger partial charge in [0, 0.05) is 0 Å². The molecule has 1 aliphatic carbocycles. The molecule has 0 heterocycles. The maximum Gasteiger partial charge on any atom is 0.142 e. The molecule has 2 nitrogen and oxygen atoms in total. The minimum absolute atomic E-state index is 0.703. The molecule has 2 heteroatoms. The molecule has 2 N–H and O–H groups in total. The van der Waals surface area contributed by atoms with Crippen molar-refractivity contribution in [1.82, 2.24) is 0 Å². The lowest BCUT2D eigenvalue weighted by atomic mass is 10.3. The first kappa shape index (κ1) is 7.47. The van der Waals surface area contributed by atoms with E-state index in [-0.39, 0.29) is 0 Å². The van der Waals surface area contributed by atoms with E-state index in [1.807, 2.05) is 6.07 Å². The van der Waals surface area contributed by atoms with Crippen LogP contribution >= 0.6 is 0 Å². The Kier molecular flexibility index (Phi) is 1.90. The van der Waals surface area contributed by atoms with E-state index in [4.69, 9.17) is 10.5 Å². The third-order valence-electron chi connectivity index (χ3n) is 2.03. The first-order valence-corrected chi connectivity index (χ1v) is 4.24. The molecule has 63 valence electrons. The number of benzene rings is 1. The van der Waals surface area contributed by atoms with Crippen LogP contribution in [0.1, 0.15) is 12.8 Å². The second-order valence-corrected chi connectivity index (χ2v) is 3.22. The number of nitrogens with two attached hydrogens (primary N) is 1. The van der Waals surface area contributed by atoms with Crippen LogP contribution < -0.4 is 10.5 Å². The summed E-state index contributed by atoms with van der Waals surface area (Å²) >= 11 is 0. The Hall–Kier alpha value is -1.18. The Balaban J connectivity index is 1.96. The lowest BCUT2D eigenvalue weighted by Gasteiger charge is -2.06. The highest BCUT2D eigenvalue weighted by Gasteiger charge is 2.22. The van der Waals surface area contributed by atoms with Gasteiger partial charge in [-0.2, -0.15) is 0 Å². The van der Waals surface area contributed by atoms with Crippen LogP contribution in [0.4, 0.5) is 5.69 Å². The van der Waals surface area contributed by atoms with Crippen molar-refractivity contribution in [1.29, 1.82) is 0 Å². The van der Waals surface area contributed by atoms with Crippen molar-refractivity contribution < 1.29 is 4.74 Å². The first-order chi connectivity index (χ1) is 5.86. The van der Waals surface area contributed by atoms with Crippen LogP contribution in [-0.4, -0.2) is 6.61 Å². The summed E-state index contributed by atoms with van der Waals surface area (Å²) in [4.78, 5) is 0. The van der Waals surface area contributed by atoms with E-state index in [0.717, 1.165) is 18.3 Å². The van der Waals surface area contributed by atoms with E-state index < -0.39 is 0 Å². The number of nitrogen functional groups attached to an aromatic ring is 1. The van der Waals surface area contributed by atoms with Crippen molar-refractivity contribution in [3.63, 3.8) is 0 Å². The summed E-state index contributed by atoms with van der Waals surface area (Å²) in [6.45, 7) is 0.808. The van der Waals surface area contributed by atoms with E-state index in [0.29, 0.717) is 5.69 Å². The molecular weight excluding hydrogens is 150 g/mol. The second-order valence-electron chi connectivity index (χ2n) is 3.22. The lowest BCUT2D eigenvalue weighted by molar-refractivity contribution is 0.301. The Morgan fingerprint density at radius 1 is 1.58 bits per heavy atom. The van der Waals surface area contributed by atoms with Gasteiger partial charge in [-0.25, -0.2) is 0 Å². The molecule has 0 saturated heterocycles. The molecular formula is C10H12NO. The molecule has 0 amide bonds. The van der Waals surface area contributed by atoms with Crippen LogP contribution in [0.25, 0.3) is 0 Å². The maximum atomic E-state index is 5.68.